The highest BCUT2D eigenvalue weighted by molar-refractivity contribution is 5.13. The molecule has 1 aliphatic carbocycles. The third-order valence-corrected chi connectivity index (χ3v) is 5.64. The fourth-order valence-corrected chi connectivity index (χ4v) is 4.29. The highest BCUT2D eigenvalue weighted by Crippen LogP contribution is 2.39. The Labute approximate surface area is 127 Å². The van der Waals surface area contributed by atoms with Gasteiger partial charge in [-0.25, -0.2) is 0 Å². The summed E-state index contributed by atoms with van der Waals surface area (Å²) in [6, 6.07) is 4.99. The lowest BCUT2D eigenvalue weighted by atomic mass is 9.84. The number of ether oxygens (including phenoxy) is 2. The number of nitrogens with zero attached hydrogens (tertiary/aromatic N) is 2. The molecule has 0 bridgehead atoms. The maximum absolute atomic E-state index is 5.84. The Bertz CT molecular complexity index is 483. The summed E-state index contributed by atoms with van der Waals surface area (Å²) in [6.07, 6.45) is 6.85. The van der Waals surface area contributed by atoms with Gasteiger partial charge in [0.25, 0.3) is 0 Å². The molecule has 1 spiro atoms. The molecule has 1 aromatic heterocycles. The van der Waals surface area contributed by atoms with Crippen molar-refractivity contribution in [1.29, 1.82) is 0 Å². The van der Waals surface area contributed by atoms with Crippen molar-refractivity contribution >= 4 is 0 Å². The third-order valence-electron chi connectivity index (χ3n) is 5.64. The van der Waals surface area contributed by atoms with Gasteiger partial charge in [0, 0.05) is 50.4 Å². The quantitative estimate of drug-likeness (QED) is 0.838. The summed E-state index contributed by atoms with van der Waals surface area (Å²) in [7, 11) is 0. The molecule has 1 saturated heterocycles. The van der Waals surface area contributed by atoms with Gasteiger partial charge in [0.15, 0.2) is 5.79 Å². The van der Waals surface area contributed by atoms with Crippen LogP contribution in [-0.2, 0) is 16.0 Å². The molecule has 0 aromatic carbocycles. The van der Waals surface area contributed by atoms with E-state index in [9.17, 15) is 0 Å². The zero-order valence-electron chi connectivity index (χ0n) is 13.0. The van der Waals surface area contributed by atoms with Crippen molar-refractivity contribution in [2.24, 2.45) is 5.92 Å². The lowest BCUT2D eigenvalue weighted by Gasteiger charge is -2.40. The lowest BCUT2D eigenvalue weighted by molar-refractivity contribution is -0.183. The first-order valence-corrected chi connectivity index (χ1v) is 8.43. The van der Waals surface area contributed by atoms with Crippen molar-refractivity contribution in [2.75, 3.05) is 26.3 Å². The molecule has 21 heavy (non-hydrogen) atoms. The first-order valence-electron chi connectivity index (χ1n) is 8.43. The molecular formula is C17H26N2O2. The summed E-state index contributed by atoms with van der Waals surface area (Å²) in [4.78, 5) is 2.66. The van der Waals surface area contributed by atoms with E-state index < -0.39 is 0 Å². The van der Waals surface area contributed by atoms with Crippen LogP contribution in [0.2, 0.25) is 0 Å². The minimum Gasteiger partial charge on any atom is -0.349 e. The fraction of sp³-hybridized carbons (Fsp3) is 0.765. The topological polar surface area (TPSA) is 26.6 Å². The van der Waals surface area contributed by atoms with Crippen LogP contribution in [-0.4, -0.2) is 41.6 Å². The van der Waals surface area contributed by atoms with Gasteiger partial charge in [0.1, 0.15) is 0 Å². The molecule has 1 atom stereocenters. The first kappa shape index (κ1) is 13.8. The van der Waals surface area contributed by atoms with Crippen LogP contribution >= 0.6 is 0 Å². The molecule has 1 aromatic rings. The molecule has 4 heteroatoms. The number of hydrogen-bond donors (Lipinski definition) is 0. The van der Waals surface area contributed by atoms with Gasteiger partial charge in [-0.15, -0.1) is 0 Å². The van der Waals surface area contributed by atoms with Gasteiger partial charge in [-0.1, -0.05) is 0 Å². The van der Waals surface area contributed by atoms with Crippen LogP contribution in [0.4, 0.5) is 0 Å². The van der Waals surface area contributed by atoms with Crippen LogP contribution in [0.15, 0.2) is 18.3 Å². The number of fused-ring (bicyclic) bond motifs is 1. The minimum atomic E-state index is -0.210. The average molecular weight is 290 g/mol. The van der Waals surface area contributed by atoms with E-state index in [1.165, 1.54) is 31.6 Å². The largest absolute Gasteiger partial charge is 0.349 e. The second-order valence-corrected chi connectivity index (χ2v) is 6.85. The monoisotopic (exact) mass is 290 g/mol. The smallest absolute Gasteiger partial charge is 0.168 e. The van der Waals surface area contributed by atoms with Crippen LogP contribution in [0.5, 0.6) is 0 Å². The van der Waals surface area contributed by atoms with Crippen LogP contribution < -0.4 is 0 Å². The standard InChI is InChI=1S/C17H26N2O2/c1-14-16-3-2-8-18(16)9-10-19(14)13-15-4-6-17(7-5-15)20-11-12-21-17/h2-3,8,14-15H,4-7,9-13H2,1H3. The predicted octanol–water partition coefficient (Wildman–Crippen LogP) is 2.80. The molecule has 1 saturated carbocycles. The Hall–Kier alpha value is -0.840. The van der Waals surface area contributed by atoms with Gasteiger partial charge in [-0.3, -0.25) is 4.90 Å². The van der Waals surface area contributed by atoms with E-state index in [4.69, 9.17) is 9.47 Å². The van der Waals surface area contributed by atoms with Gasteiger partial charge < -0.3 is 14.0 Å². The second kappa shape index (κ2) is 5.41. The number of aromatic nitrogens is 1. The van der Waals surface area contributed by atoms with E-state index in [2.05, 4.69) is 34.7 Å². The molecule has 0 N–H and O–H groups in total. The molecule has 2 aliphatic heterocycles. The van der Waals surface area contributed by atoms with E-state index in [0.29, 0.717) is 6.04 Å². The maximum atomic E-state index is 5.84. The molecule has 3 heterocycles. The summed E-state index contributed by atoms with van der Waals surface area (Å²) in [6.45, 7) is 7.45. The highest BCUT2D eigenvalue weighted by atomic mass is 16.7. The SMILES string of the molecule is CC1c2cccn2CCN1CC1CCC2(CC1)OCCO2. The van der Waals surface area contributed by atoms with Crippen molar-refractivity contribution in [3.05, 3.63) is 24.0 Å². The maximum Gasteiger partial charge on any atom is 0.168 e. The molecule has 4 rings (SSSR count). The molecule has 1 unspecified atom stereocenters. The minimum absolute atomic E-state index is 0.210. The fourth-order valence-electron chi connectivity index (χ4n) is 4.29. The summed E-state index contributed by atoms with van der Waals surface area (Å²) >= 11 is 0. The Kier molecular flexibility index (Phi) is 3.56. The van der Waals surface area contributed by atoms with E-state index >= 15 is 0 Å². The normalized spacial score (nSPS) is 29.9. The first-order chi connectivity index (χ1) is 10.3. The summed E-state index contributed by atoms with van der Waals surface area (Å²) in [5.74, 6) is 0.589. The van der Waals surface area contributed by atoms with Crippen LogP contribution in [0.25, 0.3) is 0 Å². The van der Waals surface area contributed by atoms with Gasteiger partial charge in [0.2, 0.25) is 0 Å². The Morgan fingerprint density at radius 1 is 1.19 bits per heavy atom. The van der Waals surface area contributed by atoms with E-state index in [0.717, 1.165) is 38.5 Å². The second-order valence-electron chi connectivity index (χ2n) is 6.85. The van der Waals surface area contributed by atoms with Crippen molar-refractivity contribution in [2.45, 2.75) is 51.0 Å². The van der Waals surface area contributed by atoms with Crippen molar-refractivity contribution < 1.29 is 9.47 Å². The Balaban J connectivity index is 1.35. The van der Waals surface area contributed by atoms with Crippen molar-refractivity contribution in [3.63, 3.8) is 0 Å². The van der Waals surface area contributed by atoms with Gasteiger partial charge in [-0.05, 0) is 37.8 Å². The number of rotatable bonds is 2. The molecule has 3 aliphatic rings. The molecule has 4 nitrogen and oxygen atoms in total. The molecule has 2 fully saturated rings. The summed E-state index contributed by atoms with van der Waals surface area (Å²) in [5.41, 5.74) is 1.47. The van der Waals surface area contributed by atoms with Gasteiger partial charge in [-0.2, -0.15) is 0 Å². The van der Waals surface area contributed by atoms with Gasteiger partial charge >= 0.3 is 0 Å². The molecule has 0 amide bonds. The average Bonchev–Trinajstić information content (AvgIpc) is 3.14. The molecular weight excluding hydrogens is 264 g/mol. The number of hydrogen-bond acceptors (Lipinski definition) is 3. The lowest BCUT2D eigenvalue weighted by Crippen LogP contribution is -2.42. The molecule has 0 radical (unpaired) electrons. The zero-order chi connectivity index (χ0) is 14.3. The molecule has 116 valence electrons. The van der Waals surface area contributed by atoms with Crippen LogP contribution in [0, 0.1) is 5.92 Å². The summed E-state index contributed by atoms with van der Waals surface area (Å²) in [5, 5.41) is 0. The van der Waals surface area contributed by atoms with Crippen LogP contribution in [0.1, 0.15) is 44.3 Å². The Morgan fingerprint density at radius 3 is 2.71 bits per heavy atom. The predicted molar refractivity (Wildman–Crippen MR) is 81.0 cm³/mol. The van der Waals surface area contributed by atoms with Crippen molar-refractivity contribution in [1.82, 2.24) is 9.47 Å². The third kappa shape index (κ3) is 2.54. The van der Waals surface area contributed by atoms with Crippen LogP contribution in [0.3, 0.4) is 0 Å². The van der Waals surface area contributed by atoms with Crippen molar-refractivity contribution in [3.8, 4) is 0 Å². The van der Waals surface area contributed by atoms with E-state index in [1.807, 2.05) is 0 Å². The van der Waals surface area contributed by atoms with E-state index in [-0.39, 0.29) is 5.79 Å². The van der Waals surface area contributed by atoms with Gasteiger partial charge in [0.05, 0.1) is 13.2 Å². The highest BCUT2D eigenvalue weighted by Gasteiger charge is 2.40. The summed E-state index contributed by atoms with van der Waals surface area (Å²) < 4.78 is 14.1. The zero-order valence-corrected chi connectivity index (χ0v) is 13.0. The van der Waals surface area contributed by atoms with E-state index in [1.54, 1.807) is 0 Å². The Morgan fingerprint density at radius 2 is 1.95 bits per heavy atom.